The first kappa shape index (κ1) is 20.5. The summed E-state index contributed by atoms with van der Waals surface area (Å²) in [7, 11) is -3.12. The second kappa shape index (κ2) is 7.99. The van der Waals surface area contributed by atoms with Gasteiger partial charge in [0, 0.05) is 6.04 Å². The minimum absolute atomic E-state index is 0.0192. The zero-order valence-electron chi connectivity index (χ0n) is 16.8. The molecule has 7 heteroatoms. The molecule has 1 aromatic carbocycles. The van der Waals surface area contributed by atoms with Gasteiger partial charge in [0.25, 0.3) is 5.91 Å². The van der Waals surface area contributed by atoms with Crippen molar-refractivity contribution in [3.8, 4) is 5.75 Å². The molecule has 1 saturated heterocycles. The maximum absolute atomic E-state index is 13.2. The maximum atomic E-state index is 13.2. The summed E-state index contributed by atoms with van der Waals surface area (Å²) in [4.78, 5) is 14.8. The van der Waals surface area contributed by atoms with E-state index < -0.39 is 15.9 Å². The quantitative estimate of drug-likeness (QED) is 0.738. The second-order valence-electron chi connectivity index (χ2n) is 7.49. The zero-order valence-corrected chi connectivity index (χ0v) is 17.6. The molecule has 0 radical (unpaired) electrons. The predicted octanol–water partition coefficient (Wildman–Crippen LogP) is 3.19. The summed E-state index contributed by atoms with van der Waals surface area (Å²) in [6.07, 6.45) is -0.302. The lowest BCUT2D eigenvalue weighted by atomic mass is 10.1. The van der Waals surface area contributed by atoms with Crippen LogP contribution in [-0.2, 0) is 21.2 Å². The van der Waals surface area contributed by atoms with Crippen LogP contribution in [0.15, 0.2) is 34.7 Å². The van der Waals surface area contributed by atoms with Gasteiger partial charge in [-0.3, -0.25) is 4.79 Å². The minimum Gasteiger partial charge on any atom is -0.481 e. The molecule has 6 nitrogen and oxygen atoms in total. The summed E-state index contributed by atoms with van der Waals surface area (Å²) >= 11 is 0. The van der Waals surface area contributed by atoms with Gasteiger partial charge in [-0.2, -0.15) is 0 Å². The van der Waals surface area contributed by atoms with E-state index in [1.807, 2.05) is 51.1 Å². The van der Waals surface area contributed by atoms with Crippen LogP contribution in [0.25, 0.3) is 0 Å². The molecule has 28 heavy (non-hydrogen) atoms. The highest BCUT2D eigenvalue weighted by Gasteiger charge is 2.37. The second-order valence-corrected chi connectivity index (χ2v) is 9.72. The number of ether oxygens (including phenoxy) is 1. The van der Waals surface area contributed by atoms with Crippen molar-refractivity contribution in [2.75, 3.05) is 11.5 Å². The summed E-state index contributed by atoms with van der Waals surface area (Å²) in [5.74, 6) is 1.89. The van der Waals surface area contributed by atoms with Gasteiger partial charge in [0.15, 0.2) is 15.9 Å². The largest absolute Gasteiger partial charge is 0.481 e. The normalized spacial score (nSPS) is 19.4. The van der Waals surface area contributed by atoms with Crippen molar-refractivity contribution in [3.05, 3.63) is 53.0 Å². The maximum Gasteiger partial charge on any atom is 0.264 e. The first-order chi connectivity index (χ1) is 13.2. The number of rotatable bonds is 6. The van der Waals surface area contributed by atoms with Gasteiger partial charge in [0.2, 0.25) is 0 Å². The zero-order chi connectivity index (χ0) is 20.5. The number of aryl methyl sites for hydroxylation is 2. The average molecular weight is 406 g/mol. The standard InChI is InChI=1S/C21H27NO5S/c1-14-6-5-7-20(16(14)3)27-17(4)21(23)22(12-19-9-8-15(2)26-19)18-10-11-28(24,25)13-18/h5-9,17-18H,10-13H2,1-4H3/t17-,18-/m1/s1. The van der Waals surface area contributed by atoms with Gasteiger partial charge >= 0.3 is 0 Å². The highest BCUT2D eigenvalue weighted by molar-refractivity contribution is 7.91. The SMILES string of the molecule is Cc1ccc(CN(C(=O)[C@@H](C)Oc2cccc(C)c2C)[C@@H]2CCS(=O)(=O)C2)o1. The van der Waals surface area contributed by atoms with Crippen LogP contribution in [0.1, 0.15) is 36.0 Å². The van der Waals surface area contributed by atoms with Crippen molar-refractivity contribution >= 4 is 15.7 Å². The lowest BCUT2D eigenvalue weighted by Gasteiger charge is -2.30. The third-order valence-corrected chi connectivity index (χ3v) is 7.01. The molecule has 2 atom stereocenters. The van der Waals surface area contributed by atoms with Crippen LogP contribution in [0.3, 0.4) is 0 Å². The Hall–Kier alpha value is -2.28. The van der Waals surface area contributed by atoms with Crippen LogP contribution in [0.4, 0.5) is 0 Å². The lowest BCUT2D eigenvalue weighted by molar-refractivity contribution is -0.141. The highest BCUT2D eigenvalue weighted by atomic mass is 32.2. The molecule has 1 aromatic heterocycles. The Morgan fingerprint density at radius 2 is 2.00 bits per heavy atom. The van der Waals surface area contributed by atoms with Gasteiger partial charge in [0.05, 0.1) is 18.1 Å². The molecule has 0 bridgehead atoms. The van der Waals surface area contributed by atoms with Gasteiger partial charge in [-0.1, -0.05) is 12.1 Å². The summed E-state index contributed by atoms with van der Waals surface area (Å²) < 4.78 is 35.5. The van der Waals surface area contributed by atoms with E-state index in [0.29, 0.717) is 17.9 Å². The molecule has 0 saturated carbocycles. The predicted molar refractivity (Wildman–Crippen MR) is 107 cm³/mol. The van der Waals surface area contributed by atoms with Gasteiger partial charge in [-0.25, -0.2) is 8.42 Å². The number of furan rings is 1. The van der Waals surface area contributed by atoms with E-state index >= 15 is 0 Å². The summed E-state index contributed by atoms with van der Waals surface area (Å²) in [6, 6.07) is 9.00. The fraction of sp³-hybridized carbons (Fsp3) is 0.476. The molecule has 0 N–H and O–H groups in total. The minimum atomic E-state index is -3.12. The summed E-state index contributed by atoms with van der Waals surface area (Å²) in [5.41, 5.74) is 2.07. The Labute approximate surface area is 166 Å². The Bertz CT molecular complexity index is 963. The van der Waals surface area contributed by atoms with E-state index in [0.717, 1.165) is 16.9 Å². The summed E-state index contributed by atoms with van der Waals surface area (Å²) in [5, 5.41) is 0. The number of carbonyl (C=O) groups is 1. The van der Waals surface area contributed by atoms with Crippen molar-refractivity contribution in [1.29, 1.82) is 0 Å². The smallest absolute Gasteiger partial charge is 0.264 e. The first-order valence-electron chi connectivity index (χ1n) is 9.45. The topological polar surface area (TPSA) is 76.8 Å². The molecule has 1 aliphatic heterocycles. The number of hydrogen-bond acceptors (Lipinski definition) is 5. The molecule has 2 heterocycles. The van der Waals surface area contributed by atoms with Crippen molar-refractivity contribution in [3.63, 3.8) is 0 Å². The third-order valence-electron chi connectivity index (χ3n) is 5.26. The number of amides is 1. The number of nitrogens with zero attached hydrogens (tertiary/aromatic N) is 1. The average Bonchev–Trinajstić information content (AvgIpc) is 3.21. The van der Waals surface area contributed by atoms with Gasteiger partial charge in [-0.15, -0.1) is 0 Å². The fourth-order valence-electron chi connectivity index (χ4n) is 3.47. The van der Waals surface area contributed by atoms with E-state index in [4.69, 9.17) is 9.15 Å². The Kier molecular flexibility index (Phi) is 5.84. The van der Waals surface area contributed by atoms with Crippen LogP contribution < -0.4 is 4.74 Å². The fourth-order valence-corrected chi connectivity index (χ4v) is 5.20. The van der Waals surface area contributed by atoms with Crippen molar-refractivity contribution in [2.45, 2.75) is 52.8 Å². The molecule has 2 aromatic rings. The van der Waals surface area contributed by atoms with Crippen molar-refractivity contribution < 1.29 is 22.4 Å². The van der Waals surface area contributed by atoms with E-state index in [9.17, 15) is 13.2 Å². The molecule has 0 spiro atoms. The molecule has 1 fully saturated rings. The van der Waals surface area contributed by atoms with Crippen molar-refractivity contribution in [1.82, 2.24) is 4.90 Å². The molecule has 1 amide bonds. The Morgan fingerprint density at radius 1 is 1.25 bits per heavy atom. The van der Waals surface area contributed by atoms with Crippen LogP contribution in [0.5, 0.6) is 5.75 Å². The summed E-state index contributed by atoms with van der Waals surface area (Å²) in [6.45, 7) is 7.71. The molecule has 1 aliphatic rings. The van der Waals surface area contributed by atoms with Crippen LogP contribution in [0.2, 0.25) is 0 Å². The molecule has 3 rings (SSSR count). The first-order valence-corrected chi connectivity index (χ1v) is 11.3. The van der Waals surface area contributed by atoms with E-state index in [1.54, 1.807) is 11.8 Å². The lowest BCUT2D eigenvalue weighted by Crippen LogP contribution is -2.46. The van der Waals surface area contributed by atoms with Crippen molar-refractivity contribution in [2.24, 2.45) is 0 Å². The molecule has 0 aliphatic carbocycles. The Morgan fingerprint density at radius 3 is 2.61 bits per heavy atom. The number of sulfone groups is 1. The highest BCUT2D eigenvalue weighted by Crippen LogP contribution is 2.25. The van der Waals surface area contributed by atoms with Crippen LogP contribution >= 0.6 is 0 Å². The number of benzene rings is 1. The van der Waals surface area contributed by atoms with Gasteiger partial charge in [0.1, 0.15) is 17.3 Å². The Balaban J connectivity index is 1.81. The van der Waals surface area contributed by atoms with E-state index in [-0.39, 0.29) is 30.0 Å². The molecular weight excluding hydrogens is 378 g/mol. The molecular formula is C21H27NO5S. The molecule has 0 unspecified atom stereocenters. The number of hydrogen-bond donors (Lipinski definition) is 0. The monoisotopic (exact) mass is 405 g/mol. The van der Waals surface area contributed by atoms with E-state index in [1.165, 1.54) is 0 Å². The third kappa shape index (κ3) is 4.58. The molecule has 152 valence electrons. The number of carbonyl (C=O) groups excluding carboxylic acids is 1. The van der Waals surface area contributed by atoms with Gasteiger partial charge < -0.3 is 14.1 Å². The van der Waals surface area contributed by atoms with E-state index in [2.05, 4.69) is 0 Å². The van der Waals surface area contributed by atoms with Gasteiger partial charge in [-0.05, 0) is 63.4 Å². The van der Waals surface area contributed by atoms with Crippen LogP contribution in [-0.4, -0.2) is 42.9 Å². The van der Waals surface area contributed by atoms with Crippen LogP contribution in [0, 0.1) is 20.8 Å².